The van der Waals surface area contributed by atoms with E-state index in [1.165, 1.54) is 37.4 Å². The highest BCUT2D eigenvalue weighted by Crippen LogP contribution is 2.28. The minimum absolute atomic E-state index is 0.0897. The molecule has 0 aliphatic rings. The first kappa shape index (κ1) is 15.8. The monoisotopic (exact) mass is 323 g/mol. The molecule has 0 aliphatic heterocycles. The van der Waals surface area contributed by atoms with Crippen LogP contribution in [0.15, 0.2) is 48.5 Å². The number of para-hydroxylation sites is 2. The SMILES string of the molecule is COc1ccccc1OS(=O)(=O)Cc1ccc([N+](=O)[O-])cc1. The van der Waals surface area contributed by atoms with Crippen molar-refractivity contribution in [3.8, 4) is 11.5 Å². The number of methoxy groups -OCH3 is 1. The van der Waals surface area contributed by atoms with E-state index in [2.05, 4.69) is 0 Å². The quantitative estimate of drug-likeness (QED) is 0.460. The topological polar surface area (TPSA) is 95.7 Å². The maximum absolute atomic E-state index is 12.0. The second-order valence-electron chi connectivity index (χ2n) is 4.36. The summed E-state index contributed by atoms with van der Waals surface area (Å²) in [4.78, 5) is 10.0. The van der Waals surface area contributed by atoms with E-state index < -0.39 is 20.8 Å². The van der Waals surface area contributed by atoms with Crippen LogP contribution < -0.4 is 8.92 Å². The lowest BCUT2D eigenvalue weighted by Crippen LogP contribution is -2.12. The Labute approximate surface area is 127 Å². The molecule has 7 nitrogen and oxygen atoms in total. The molecule has 0 atom stereocenters. The first-order chi connectivity index (χ1) is 10.4. The van der Waals surface area contributed by atoms with Crippen LogP contribution in [-0.2, 0) is 15.9 Å². The number of nitro benzene ring substituents is 1. The third kappa shape index (κ3) is 3.95. The molecule has 0 radical (unpaired) electrons. The van der Waals surface area contributed by atoms with Crippen molar-refractivity contribution >= 4 is 15.8 Å². The van der Waals surface area contributed by atoms with E-state index >= 15 is 0 Å². The summed E-state index contributed by atoms with van der Waals surface area (Å²) >= 11 is 0. The number of benzene rings is 2. The molecule has 0 fully saturated rings. The summed E-state index contributed by atoms with van der Waals surface area (Å²) in [5.41, 5.74) is 0.285. The summed E-state index contributed by atoms with van der Waals surface area (Å²) < 4.78 is 34.1. The Morgan fingerprint density at radius 2 is 1.64 bits per heavy atom. The highest BCUT2D eigenvalue weighted by Gasteiger charge is 2.17. The van der Waals surface area contributed by atoms with Crippen molar-refractivity contribution in [2.75, 3.05) is 7.11 Å². The van der Waals surface area contributed by atoms with Crippen molar-refractivity contribution < 1.29 is 22.3 Å². The molecule has 0 N–H and O–H groups in total. The minimum atomic E-state index is -3.90. The van der Waals surface area contributed by atoms with E-state index in [4.69, 9.17) is 8.92 Å². The van der Waals surface area contributed by atoms with E-state index in [9.17, 15) is 18.5 Å². The summed E-state index contributed by atoms with van der Waals surface area (Å²) in [7, 11) is -2.50. The number of hydrogen-bond acceptors (Lipinski definition) is 6. The molecule has 0 bridgehead atoms. The molecule has 0 heterocycles. The molecule has 2 aromatic carbocycles. The van der Waals surface area contributed by atoms with Gasteiger partial charge in [0.05, 0.1) is 12.0 Å². The maximum atomic E-state index is 12.0. The van der Waals surface area contributed by atoms with E-state index in [0.29, 0.717) is 11.3 Å². The molecule has 2 aromatic rings. The standard InChI is InChI=1S/C14H13NO6S/c1-20-13-4-2-3-5-14(13)21-22(18,19)10-11-6-8-12(9-7-11)15(16)17/h2-9H,10H2,1H3. The number of nitrogens with zero attached hydrogens (tertiary/aromatic N) is 1. The third-order valence-electron chi connectivity index (χ3n) is 2.78. The fourth-order valence-electron chi connectivity index (χ4n) is 1.77. The van der Waals surface area contributed by atoms with Crippen molar-refractivity contribution in [3.63, 3.8) is 0 Å². The van der Waals surface area contributed by atoms with Gasteiger partial charge in [-0.05, 0) is 17.7 Å². The number of hydrogen-bond donors (Lipinski definition) is 0. The lowest BCUT2D eigenvalue weighted by Gasteiger charge is -2.10. The maximum Gasteiger partial charge on any atom is 0.313 e. The van der Waals surface area contributed by atoms with Crippen molar-refractivity contribution in [1.82, 2.24) is 0 Å². The minimum Gasteiger partial charge on any atom is -0.493 e. The summed E-state index contributed by atoms with van der Waals surface area (Å²) in [6, 6.07) is 11.6. The zero-order valence-corrected chi connectivity index (χ0v) is 12.4. The van der Waals surface area contributed by atoms with Crippen molar-refractivity contribution in [1.29, 1.82) is 0 Å². The number of ether oxygens (including phenoxy) is 1. The Hall–Kier alpha value is -2.61. The number of nitro groups is 1. The van der Waals surface area contributed by atoms with Crippen molar-refractivity contribution in [2.45, 2.75) is 5.75 Å². The summed E-state index contributed by atoms with van der Waals surface area (Å²) in [5.74, 6) is -0.00931. The normalized spacial score (nSPS) is 11.0. The lowest BCUT2D eigenvalue weighted by molar-refractivity contribution is -0.384. The van der Waals surface area contributed by atoms with Crippen molar-refractivity contribution in [3.05, 3.63) is 64.2 Å². The van der Waals surface area contributed by atoms with E-state index in [-0.39, 0.29) is 11.4 Å². The second kappa shape index (κ2) is 6.44. The zero-order chi connectivity index (χ0) is 16.2. The molecule has 0 aliphatic carbocycles. The Morgan fingerprint density at radius 1 is 1.05 bits per heavy atom. The first-order valence-corrected chi connectivity index (χ1v) is 7.77. The van der Waals surface area contributed by atoms with Crippen LogP contribution in [0.3, 0.4) is 0 Å². The molecule has 2 rings (SSSR count). The predicted molar refractivity (Wildman–Crippen MR) is 79.3 cm³/mol. The van der Waals surface area contributed by atoms with Gasteiger partial charge in [-0.15, -0.1) is 0 Å². The van der Waals surface area contributed by atoms with Gasteiger partial charge in [-0.1, -0.05) is 24.3 Å². The fraction of sp³-hybridized carbons (Fsp3) is 0.143. The molecule has 8 heteroatoms. The van der Waals surface area contributed by atoms with Gasteiger partial charge in [0.2, 0.25) is 0 Å². The van der Waals surface area contributed by atoms with Crippen LogP contribution in [0.25, 0.3) is 0 Å². The molecule has 0 amide bonds. The summed E-state index contributed by atoms with van der Waals surface area (Å²) in [6.45, 7) is 0. The number of non-ortho nitro benzene ring substituents is 1. The lowest BCUT2D eigenvalue weighted by atomic mass is 10.2. The van der Waals surface area contributed by atoms with Crippen LogP contribution in [0.1, 0.15) is 5.56 Å². The highest BCUT2D eigenvalue weighted by atomic mass is 32.2. The Morgan fingerprint density at radius 3 is 2.18 bits per heavy atom. The van der Waals surface area contributed by atoms with Gasteiger partial charge in [-0.25, -0.2) is 0 Å². The van der Waals surface area contributed by atoms with E-state index in [1.54, 1.807) is 18.2 Å². The summed E-state index contributed by atoms with van der Waals surface area (Å²) in [6.07, 6.45) is 0. The average Bonchev–Trinajstić information content (AvgIpc) is 2.47. The largest absolute Gasteiger partial charge is 0.493 e. The molecule has 0 unspecified atom stereocenters. The predicted octanol–water partition coefficient (Wildman–Crippen LogP) is 2.51. The van der Waals surface area contributed by atoms with Gasteiger partial charge in [0.15, 0.2) is 11.5 Å². The summed E-state index contributed by atoms with van der Waals surface area (Å²) in [5, 5.41) is 10.6. The van der Waals surface area contributed by atoms with Crippen LogP contribution >= 0.6 is 0 Å². The molecular weight excluding hydrogens is 310 g/mol. The number of rotatable bonds is 6. The van der Waals surface area contributed by atoms with Gasteiger partial charge in [-0.3, -0.25) is 10.1 Å². The molecule has 0 saturated heterocycles. The Balaban J connectivity index is 2.15. The molecule has 116 valence electrons. The second-order valence-corrected chi connectivity index (χ2v) is 5.93. The van der Waals surface area contributed by atoms with Crippen LogP contribution in [0, 0.1) is 10.1 Å². The van der Waals surface area contributed by atoms with Gasteiger partial charge in [0.1, 0.15) is 5.75 Å². The highest BCUT2D eigenvalue weighted by molar-refractivity contribution is 7.86. The molecule has 0 spiro atoms. The van der Waals surface area contributed by atoms with Crippen molar-refractivity contribution in [2.24, 2.45) is 0 Å². The molecule has 0 saturated carbocycles. The van der Waals surface area contributed by atoms with Gasteiger partial charge < -0.3 is 8.92 Å². The van der Waals surface area contributed by atoms with Crippen LogP contribution in [0.4, 0.5) is 5.69 Å². The van der Waals surface area contributed by atoms with Gasteiger partial charge >= 0.3 is 10.1 Å². The smallest absolute Gasteiger partial charge is 0.313 e. The Bertz CT molecular complexity index is 770. The van der Waals surface area contributed by atoms with E-state index in [0.717, 1.165) is 0 Å². The average molecular weight is 323 g/mol. The van der Waals surface area contributed by atoms with Crippen LogP contribution in [-0.4, -0.2) is 20.5 Å². The third-order valence-corrected chi connectivity index (χ3v) is 3.90. The first-order valence-electron chi connectivity index (χ1n) is 6.20. The molecule has 22 heavy (non-hydrogen) atoms. The Kier molecular flexibility index (Phi) is 4.62. The molecular formula is C14H13NO6S. The molecule has 0 aromatic heterocycles. The zero-order valence-electron chi connectivity index (χ0n) is 11.6. The fourth-order valence-corrected chi connectivity index (χ4v) is 2.84. The van der Waals surface area contributed by atoms with Gasteiger partial charge in [0.25, 0.3) is 5.69 Å². The van der Waals surface area contributed by atoms with Crippen LogP contribution in [0.5, 0.6) is 11.5 Å². The van der Waals surface area contributed by atoms with Gasteiger partial charge in [0, 0.05) is 12.1 Å². The van der Waals surface area contributed by atoms with E-state index in [1.807, 2.05) is 0 Å². The van der Waals surface area contributed by atoms with Gasteiger partial charge in [-0.2, -0.15) is 8.42 Å². The van der Waals surface area contributed by atoms with Crippen LogP contribution in [0.2, 0.25) is 0 Å².